The van der Waals surface area contributed by atoms with E-state index >= 15 is 0 Å². The molecule has 0 fully saturated rings. The molecule has 0 saturated heterocycles. The average Bonchev–Trinajstić information content (AvgIpc) is 3.19. The van der Waals surface area contributed by atoms with Crippen LogP contribution in [0.3, 0.4) is 0 Å². The van der Waals surface area contributed by atoms with Crippen molar-refractivity contribution < 1.29 is 14.6 Å². The molecule has 1 aliphatic rings. The van der Waals surface area contributed by atoms with E-state index in [4.69, 9.17) is 14.5 Å². The van der Waals surface area contributed by atoms with E-state index in [0.717, 1.165) is 40.9 Å². The van der Waals surface area contributed by atoms with Crippen LogP contribution < -0.4 is 9.47 Å². The van der Waals surface area contributed by atoms with Crippen molar-refractivity contribution in [3.63, 3.8) is 0 Å². The number of hydrogen-bond acceptors (Lipinski definition) is 4. The number of H-pyrrole nitrogens is 1. The van der Waals surface area contributed by atoms with Gasteiger partial charge in [0.2, 0.25) is 0 Å². The number of aromatic amines is 1. The Morgan fingerprint density at radius 2 is 1.82 bits per heavy atom. The molecule has 5 heteroatoms. The van der Waals surface area contributed by atoms with Gasteiger partial charge in [-0.15, -0.1) is 0 Å². The highest BCUT2D eigenvalue weighted by Crippen LogP contribution is 2.37. The molecule has 1 heterocycles. The van der Waals surface area contributed by atoms with Crippen molar-refractivity contribution in [2.45, 2.75) is 12.8 Å². The van der Waals surface area contributed by atoms with E-state index in [-0.39, 0.29) is 5.75 Å². The molecule has 142 valence electrons. The zero-order valence-corrected chi connectivity index (χ0v) is 15.9. The Balaban J connectivity index is 1.87. The molecule has 2 aromatic carbocycles. The van der Waals surface area contributed by atoms with Crippen LogP contribution >= 0.6 is 0 Å². The average molecular weight is 374 g/mol. The maximum atomic E-state index is 9.85. The van der Waals surface area contributed by atoms with Gasteiger partial charge in [0, 0.05) is 11.1 Å². The Kier molecular flexibility index (Phi) is 4.89. The number of nitrogens with zero attached hydrogens (tertiary/aromatic N) is 1. The fourth-order valence-corrected chi connectivity index (χ4v) is 3.36. The van der Waals surface area contributed by atoms with Gasteiger partial charge in [-0.3, -0.25) is 0 Å². The highest BCUT2D eigenvalue weighted by atomic mass is 16.5. The predicted octanol–water partition coefficient (Wildman–Crippen LogP) is 5.20. The van der Waals surface area contributed by atoms with Gasteiger partial charge in [-0.25, -0.2) is 4.98 Å². The third kappa shape index (κ3) is 3.39. The summed E-state index contributed by atoms with van der Waals surface area (Å²) in [6.45, 7) is 0. The number of benzene rings is 2. The molecule has 4 rings (SSSR count). The summed E-state index contributed by atoms with van der Waals surface area (Å²) in [5.41, 5.74) is 4.64. The summed E-state index contributed by atoms with van der Waals surface area (Å²) in [5.74, 6) is 2.24. The molecule has 0 aliphatic heterocycles. The van der Waals surface area contributed by atoms with Gasteiger partial charge in [0.25, 0.3) is 0 Å². The standard InChI is InChI=1S/C23H22N2O3/c1-27-19-12-11-16(14-20(19)28-2)22-21(15-7-4-3-5-8-15)24-23(25-22)17-9-6-10-18(26)13-17/h4,6-14,26H,3,5H2,1-2H3,(H,24,25). The van der Waals surface area contributed by atoms with Crippen LogP contribution in [0.2, 0.25) is 0 Å². The van der Waals surface area contributed by atoms with Gasteiger partial charge in [0.1, 0.15) is 11.6 Å². The van der Waals surface area contributed by atoms with Crippen LogP contribution in [0.5, 0.6) is 17.2 Å². The number of ether oxygens (including phenoxy) is 2. The molecule has 1 aromatic heterocycles. The Morgan fingerprint density at radius 1 is 0.964 bits per heavy atom. The number of allylic oxidation sites excluding steroid dienone is 4. The van der Waals surface area contributed by atoms with Crippen molar-refractivity contribution in [2.24, 2.45) is 0 Å². The fraction of sp³-hybridized carbons (Fsp3) is 0.174. The largest absolute Gasteiger partial charge is 0.508 e. The van der Waals surface area contributed by atoms with Crippen LogP contribution in [-0.4, -0.2) is 29.3 Å². The van der Waals surface area contributed by atoms with E-state index in [1.807, 2.05) is 30.3 Å². The molecule has 3 aromatic rings. The maximum absolute atomic E-state index is 9.85. The number of imidazole rings is 1. The van der Waals surface area contributed by atoms with Gasteiger partial charge in [-0.05, 0) is 48.7 Å². The quantitative estimate of drug-likeness (QED) is 0.644. The first-order valence-electron chi connectivity index (χ1n) is 9.18. The first kappa shape index (κ1) is 17.9. The molecule has 0 radical (unpaired) electrons. The molecular weight excluding hydrogens is 352 g/mol. The zero-order valence-electron chi connectivity index (χ0n) is 15.9. The molecule has 5 nitrogen and oxygen atoms in total. The van der Waals surface area contributed by atoms with Crippen LogP contribution in [-0.2, 0) is 0 Å². The van der Waals surface area contributed by atoms with E-state index in [1.165, 1.54) is 0 Å². The normalized spacial score (nSPS) is 13.3. The summed E-state index contributed by atoms with van der Waals surface area (Å²) in [7, 11) is 3.24. The van der Waals surface area contributed by atoms with Crippen molar-refractivity contribution in [2.75, 3.05) is 14.2 Å². The highest BCUT2D eigenvalue weighted by Gasteiger charge is 2.18. The van der Waals surface area contributed by atoms with E-state index in [2.05, 4.69) is 23.2 Å². The second-order valence-electron chi connectivity index (χ2n) is 6.57. The summed E-state index contributed by atoms with van der Waals surface area (Å²) in [4.78, 5) is 8.31. The molecule has 0 amide bonds. The lowest BCUT2D eigenvalue weighted by molar-refractivity contribution is 0.355. The van der Waals surface area contributed by atoms with Crippen LogP contribution in [0.4, 0.5) is 0 Å². The van der Waals surface area contributed by atoms with E-state index in [1.54, 1.807) is 26.4 Å². The Labute approximate surface area is 164 Å². The minimum absolute atomic E-state index is 0.208. The molecule has 28 heavy (non-hydrogen) atoms. The van der Waals surface area contributed by atoms with Gasteiger partial charge in [0.15, 0.2) is 11.5 Å². The second kappa shape index (κ2) is 7.64. The molecule has 0 spiro atoms. The molecule has 2 N–H and O–H groups in total. The zero-order chi connectivity index (χ0) is 19.5. The van der Waals surface area contributed by atoms with Crippen molar-refractivity contribution in [3.05, 3.63) is 66.4 Å². The number of phenols is 1. The lowest BCUT2D eigenvalue weighted by Crippen LogP contribution is -1.93. The molecule has 0 saturated carbocycles. The molecule has 0 unspecified atom stereocenters. The molecular formula is C23H22N2O3. The first-order chi connectivity index (χ1) is 13.7. The van der Waals surface area contributed by atoms with E-state index in [0.29, 0.717) is 17.3 Å². The smallest absolute Gasteiger partial charge is 0.161 e. The summed E-state index contributed by atoms with van der Waals surface area (Å²) in [6, 6.07) is 12.9. The third-order valence-corrected chi connectivity index (χ3v) is 4.76. The van der Waals surface area contributed by atoms with Crippen LogP contribution in [0, 0.1) is 0 Å². The molecule has 0 atom stereocenters. The Bertz CT molecular complexity index is 1060. The highest BCUT2D eigenvalue weighted by molar-refractivity contribution is 5.84. The van der Waals surface area contributed by atoms with E-state index < -0.39 is 0 Å². The number of methoxy groups -OCH3 is 2. The summed E-state index contributed by atoms with van der Waals surface area (Å²) < 4.78 is 10.8. The van der Waals surface area contributed by atoms with Crippen molar-refractivity contribution in [1.82, 2.24) is 9.97 Å². The number of aromatic nitrogens is 2. The number of phenolic OH excluding ortho intramolecular Hbond substituents is 1. The van der Waals surface area contributed by atoms with Crippen molar-refractivity contribution >= 4 is 5.57 Å². The number of rotatable bonds is 5. The van der Waals surface area contributed by atoms with Crippen LogP contribution in [0.25, 0.3) is 28.2 Å². The molecule has 0 bridgehead atoms. The monoisotopic (exact) mass is 374 g/mol. The topological polar surface area (TPSA) is 67.4 Å². The number of hydrogen-bond donors (Lipinski definition) is 2. The fourth-order valence-electron chi connectivity index (χ4n) is 3.36. The maximum Gasteiger partial charge on any atom is 0.161 e. The first-order valence-corrected chi connectivity index (χ1v) is 9.18. The minimum atomic E-state index is 0.208. The SMILES string of the molecule is COc1ccc(-c2nc(-c3cccc(O)c3)[nH]c2C2=CCCC=C2)cc1OC. The van der Waals surface area contributed by atoms with Crippen molar-refractivity contribution in [1.29, 1.82) is 0 Å². The van der Waals surface area contributed by atoms with Crippen molar-refractivity contribution in [3.8, 4) is 39.9 Å². The predicted molar refractivity (Wildman–Crippen MR) is 111 cm³/mol. The minimum Gasteiger partial charge on any atom is -0.508 e. The summed E-state index contributed by atoms with van der Waals surface area (Å²) in [5, 5.41) is 9.85. The number of aromatic hydroxyl groups is 1. The van der Waals surface area contributed by atoms with Gasteiger partial charge in [-0.1, -0.05) is 30.4 Å². The van der Waals surface area contributed by atoms with Gasteiger partial charge in [0.05, 0.1) is 25.6 Å². The molecule has 1 aliphatic carbocycles. The Hall–Kier alpha value is -3.47. The summed E-state index contributed by atoms with van der Waals surface area (Å²) in [6.07, 6.45) is 8.54. The van der Waals surface area contributed by atoms with Gasteiger partial charge in [-0.2, -0.15) is 0 Å². The Morgan fingerprint density at radius 3 is 2.54 bits per heavy atom. The second-order valence-corrected chi connectivity index (χ2v) is 6.57. The lowest BCUT2D eigenvalue weighted by Gasteiger charge is -2.11. The third-order valence-electron chi connectivity index (χ3n) is 4.76. The van der Waals surface area contributed by atoms with Crippen LogP contribution in [0.15, 0.2) is 60.7 Å². The number of nitrogens with one attached hydrogen (secondary N) is 1. The lowest BCUT2D eigenvalue weighted by atomic mass is 10.00. The van der Waals surface area contributed by atoms with Crippen LogP contribution in [0.1, 0.15) is 18.5 Å². The van der Waals surface area contributed by atoms with Gasteiger partial charge < -0.3 is 19.6 Å². The summed E-state index contributed by atoms with van der Waals surface area (Å²) >= 11 is 0. The van der Waals surface area contributed by atoms with E-state index in [9.17, 15) is 5.11 Å². The van der Waals surface area contributed by atoms with Gasteiger partial charge >= 0.3 is 0 Å².